The van der Waals surface area contributed by atoms with Crippen molar-refractivity contribution in [1.29, 1.82) is 0 Å². The van der Waals surface area contributed by atoms with Crippen LogP contribution in [0.5, 0.6) is 0 Å². The van der Waals surface area contributed by atoms with E-state index in [2.05, 4.69) is 40.2 Å². The van der Waals surface area contributed by atoms with Crippen LogP contribution in [0.25, 0.3) is 33.3 Å². The summed E-state index contributed by atoms with van der Waals surface area (Å²) in [5, 5.41) is 6.88. The molecule has 1 aliphatic heterocycles. The smallest absolute Gasteiger partial charge is 0.203 e. The molecule has 138 valence electrons. The van der Waals surface area contributed by atoms with Crippen molar-refractivity contribution >= 4 is 27.6 Å². The first-order valence-corrected chi connectivity index (χ1v) is 9.38. The van der Waals surface area contributed by atoms with Gasteiger partial charge in [0.05, 0.1) is 6.07 Å². The van der Waals surface area contributed by atoms with Crippen LogP contribution in [0.15, 0.2) is 52.9 Å². The molecule has 5 heteroatoms. The minimum absolute atomic E-state index is 0.722. The number of rotatable bonds is 5. The lowest BCUT2D eigenvalue weighted by molar-refractivity contribution is 0.611. The van der Waals surface area contributed by atoms with Crippen LogP contribution in [0.4, 0.5) is 5.69 Å². The van der Waals surface area contributed by atoms with Gasteiger partial charge in [-0.05, 0) is 25.5 Å². The Morgan fingerprint density at radius 1 is 1.04 bits per heavy atom. The van der Waals surface area contributed by atoms with Crippen LogP contribution in [0, 0.1) is 0 Å². The topological polar surface area (TPSA) is 67.1 Å². The van der Waals surface area contributed by atoms with E-state index in [1.165, 1.54) is 0 Å². The molecule has 5 nitrogen and oxygen atoms in total. The second-order valence-electron chi connectivity index (χ2n) is 7.00. The van der Waals surface area contributed by atoms with Crippen LogP contribution in [0.2, 0.25) is 0 Å². The molecule has 0 unspecified atom stereocenters. The Labute approximate surface area is 158 Å². The largest absolute Gasteiger partial charge is 0.452 e. The highest BCUT2D eigenvalue weighted by molar-refractivity contribution is 6.10. The molecule has 0 spiro atoms. The van der Waals surface area contributed by atoms with Gasteiger partial charge in [0, 0.05) is 35.1 Å². The number of benzene rings is 3. The fourth-order valence-corrected chi connectivity index (χ4v) is 3.36. The molecule has 2 aromatic rings. The van der Waals surface area contributed by atoms with E-state index < -0.39 is 0 Å². The maximum absolute atomic E-state index is 6.26. The highest BCUT2D eigenvalue weighted by Gasteiger charge is 2.14. The van der Waals surface area contributed by atoms with E-state index in [9.17, 15) is 0 Å². The van der Waals surface area contributed by atoms with E-state index in [-0.39, 0.29) is 0 Å². The summed E-state index contributed by atoms with van der Waals surface area (Å²) in [6, 6.07) is 16.5. The summed E-state index contributed by atoms with van der Waals surface area (Å²) in [5.74, 6) is 0.790. The van der Waals surface area contributed by atoms with Crippen molar-refractivity contribution in [2.45, 2.75) is 12.8 Å². The zero-order chi connectivity index (χ0) is 18.8. The Kier molecular flexibility index (Phi) is 4.77. The summed E-state index contributed by atoms with van der Waals surface area (Å²) >= 11 is 0. The molecule has 0 bridgehead atoms. The maximum Gasteiger partial charge on any atom is 0.203 e. The molecular formula is C22H25N4O+. The number of nitrogens with two attached hydrogens (primary N) is 1. The number of aromatic nitrogens is 1. The van der Waals surface area contributed by atoms with Gasteiger partial charge in [-0.15, -0.1) is 0 Å². The second-order valence-corrected chi connectivity index (χ2v) is 7.00. The van der Waals surface area contributed by atoms with Gasteiger partial charge in [0.15, 0.2) is 11.3 Å². The first-order chi connectivity index (χ1) is 13.2. The lowest BCUT2D eigenvalue weighted by Crippen LogP contribution is -2.21. The average molecular weight is 361 g/mol. The number of hydrogen-bond acceptors (Lipinski definition) is 4. The van der Waals surface area contributed by atoms with Crippen molar-refractivity contribution in [2.24, 2.45) is 5.73 Å². The first kappa shape index (κ1) is 17.5. The molecule has 2 aromatic carbocycles. The van der Waals surface area contributed by atoms with Crippen molar-refractivity contribution in [3.63, 3.8) is 0 Å². The average Bonchev–Trinajstić information content (AvgIpc) is 2.69. The number of fused-ring (bicyclic) bond motifs is 4. The first-order valence-electron chi connectivity index (χ1n) is 9.38. The van der Waals surface area contributed by atoms with Gasteiger partial charge in [0.25, 0.3) is 0 Å². The molecule has 4 rings (SSSR count). The number of nitrogens with zero attached hydrogens (tertiary/aromatic N) is 2. The van der Waals surface area contributed by atoms with Gasteiger partial charge in [-0.25, -0.2) is 9.56 Å². The van der Waals surface area contributed by atoms with Crippen LogP contribution >= 0.6 is 0 Å². The quantitative estimate of drug-likeness (QED) is 0.248. The van der Waals surface area contributed by atoms with Crippen LogP contribution in [0.1, 0.15) is 12.8 Å². The van der Waals surface area contributed by atoms with Gasteiger partial charge in [0.1, 0.15) is 25.3 Å². The van der Waals surface area contributed by atoms with E-state index in [0.717, 1.165) is 70.3 Å². The molecule has 2 aliphatic rings. The Bertz CT molecular complexity index is 1140. The van der Waals surface area contributed by atoms with E-state index in [0.29, 0.717) is 0 Å². The zero-order valence-electron chi connectivity index (χ0n) is 15.8. The molecule has 0 saturated carbocycles. The van der Waals surface area contributed by atoms with Gasteiger partial charge in [-0.2, -0.15) is 0 Å². The van der Waals surface area contributed by atoms with Crippen molar-refractivity contribution in [2.75, 3.05) is 32.5 Å². The molecule has 0 saturated heterocycles. The van der Waals surface area contributed by atoms with Crippen LogP contribution in [-0.2, 0) is 0 Å². The molecule has 0 radical (unpaired) electrons. The molecule has 0 amide bonds. The third kappa shape index (κ3) is 3.38. The van der Waals surface area contributed by atoms with Crippen molar-refractivity contribution in [3.8, 4) is 11.5 Å². The fourth-order valence-electron chi connectivity index (χ4n) is 3.36. The van der Waals surface area contributed by atoms with Gasteiger partial charge in [-0.1, -0.05) is 24.3 Å². The Hall–Kier alpha value is -2.92. The SMILES string of the molecule is C[N+](C)=c1ccc2nc3c(cc(NCCCCN)c4ccccc43)oc-2c1. The molecule has 1 aliphatic carbocycles. The normalized spacial score (nSPS) is 11.4. The van der Waals surface area contributed by atoms with Crippen molar-refractivity contribution in [1.82, 2.24) is 9.56 Å². The highest BCUT2D eigenvalue weighted by atomic mass is 16.3. The monoisotopic (exact) mass is 361 g/mol. The third-order valence-electron chi connectivity index (χ3n) is 4.84. The minimum atomic E-state index is 0.722. The molecule has 27 heavy (non-hydrogen) atoms. The van der Waals surface area contributed by atoms with E-state index in [1.807, 2.05) is 32.3 Å². The molecule has 1 heterocycles. The number of unbranched alkanes of at least 4 members (excludes halogenated alkanes) is 1. The molecule has 3 N–H and O–H groups in total. The molecule has 0 fully saturated rings. The lowest BCUT2D eigenvalue weighted by atomic mass is 10.1. The van der Waals surface area contributed by atoms with E-state index >= 15 is 0 Å². The number of hydrogen-bond donors (Lipinski definition) is 2. The van der Waals surface area contributed by atoms with Gasteiger partial charge in [-0.3, -0.25) is 0 Å². The molecular weight excluding hydrogens is 336 g/mol. The Morgan fingerprint density at radius 2 is 1.85 bits per heavy atom. The summed E-state index contributed by atoms with van der Waals surface area (Å²) in [7, 11) is 4.04. The summed E-state index contributed by atoms with van der Waals surface area (Å²) in [6.45, 7) is 1.61. The standard InChI is InChI=1S/C22H24N4O/c1-26(2)15-9-10-18-20(13-15)27-21-14-19(24-12-6-5-11-23)16-7-3-4-8-17(16)22(21)25-18/h3-4,7-10,13-14H,5-6,11-12,23H2,1-2H3/p+1. The number of anilines is 1. The second kappa shape index (κ2) is 7.37. The Balaban J connectivity index is 1.92. The van der Waals surface area contributed by atoms with Crippen LogP contribution < -0.4 is 21.0 Å². The predicted octanol–water partition coefficient (Wildman–Crippen LogP) is 3.27. The predicted molar refractivity (Wildman–Crippen MR) is 112 cm³/mol. The van der Waals surface area contributed by atoms with Crippen molar-refractivity contribution < 1.29 is 4.42 Å². The van der Waals surface area contributed by atoms with Gasteiger partial charge < -0.3 is 15.5 Å². The van der Waals surface area contributed by atoms with E-state index in [1.54, 1.807) is 0 Å². The summed E-state index contributed by atoms with van der Waals surface area (Å²) < 4.78 is 8.32. The molecule has 0 atom stereocenters. The zero-order valence-corrected chi connectivity index (χ0v) is 15.8. The van der Waals surface area contributed by atoms with Crippen LogP contribution in [-0.4, -0.2) is 32.2 Å². The summed E-state index contributed by atoms with van der Waals surface area (Å²) in [5.41, 5.74) is 9.22. The third-order valence-corrected chi connectivity index (χ3v) is 4.84. The summed E-state index contributed by atoms with van der Waals surface area (Å²) in [6.07, 6.45) is 2.06. The lowest BCUT2D eigenvalue weighted by Gasteiger charge is -2.13. The summed E-state index contributed by atoms with van der Waals surface area (Å²) in [4.78, 5) is 4.90. The minimum Gasteiger partial charge on any atom is -0.452 e. The molecule has 0 aromatic heterocycles. The maximum atomic E-state index is 6.26. The van der Waals surface area contributed by atoms with Crippen LogP contribution in [0.3, 0.4) is 0 Å². The highest BCUT2D eigenvalue weighted by Crippen LogP contribution is 2.33. The van der Waals surface area contributed by atoms with E-state index in [4.69, 9.17) is 15.1 Å². The van der Waals surface area contributed by atoms with Gasteiger partial charge in [0.2, 0.25) is 5.36 Å². The Morgan fingerprint density at radius 3 is 2.63 bits per heavy atom. The fraction of sp³-hybridized carbons (Fsp3) is 0.273. The van der Waals surface area contributed by atoms with Crippen molar-refractivity contribution in [3.05, 3.63) is 53.9 Å². The number of nitrogens with one attached hydrogen (secondary N) is 1. The van der Waals surface area contributed by atoms with Gasteiger partial charge >= 0.3 is 0 Å².